The van der Waals surface area contributed by atoms with Crippen LogP contribution in [0.1, 0.15) is 46.5 Å². The van der Waals surface area contributed by atoms with Gasteiger partial charge in [-0.2, -0.15) is 10.4 Å². The number of nitrogens with zero attached hydrogens (tertiary/aromatic N) is 5. The molecule has 0 aromatic carbocycles. The van der Waals surface area contributed by atoms with Gasteiger partial charge in [0, 0.05) is 48.6 Å². The second-order valence-electron chi connectivity index (χ2n) is 10.6. The number of fused-ring (bicyclic) bond motifs is 1. The third-order valence-electron chi connectivity index (χ3n) is 7.77. The van der Waals surface area contributed by atoms with Crippen LogP contribution in [0.4, 0.5) is 10.1 Å². The van der Waals surface area contributed by atoms with Crippen LogP contribution in [0.3, 0.4) is 0 Å². The zero-order valence-corrected chi connectivity index (χ0v) is 21.1. The lowest BCUT2D eigenvalue weighted by atomic mass is 10.0. The number of hydrogen-bond acceptors (Lipinski definition) is 7. The molecular weight excluding hydrogens is 503 g/mol. The highest BCUT2D eigenvalue weighted by atomic mass is 19.1. The van der Waals surface area contributed by atoms with Crippen molar-refractivity contribution in [1.29, 1.82) is 5.26 Å². The van der Waals surface area contributed by atoms with Crippen molar-refractivity contribution in [3.8, 4) is 17.2 Å². The number of anilines is 1. The van der Waals surface area contributed by atoms with E-state index in [0.717, 1.165) is 24.0 Å². The fourth-order valence-corrected chi connectivity index (χ4v) is 5.08. The van der Waals surface area contributed by atoms with Crippen LogP contribution in [0.15, 0.2) is 36.8 Å². The van der Waals surface area contributed by atoms with E-state index in [1.54, 1.807) is 35.1 Å². The van der Waals surface area contributed by atoms with E-state index in [9.17, 15) is 24.0 Å². The number of hydrogen-bond donors (Lipinski definition) is 3. The molecule has 4 heterocycles. The maximum Gasteiger partial charge on any atom is 0.270 e. The molecule has 2 atom stereocenters. The number of primary amides is 1. The van der Waals surface area contributed by atoms with Crippen molar-refractivity contribution in [3.63, 3.8) is 0 Å². The summed E-state index contributed by atoms with van der Waals surface area (Å²) in [5, 5.41) is 19.9. The van der Waals surface area contributed by atoms with Crippen molar-refractivity contribution in [3.05, 3.63) is 48.0 Å². The molecule has 39 heavy (non-hydrogen) atoms. The number of carbonyl (C=O) groups is 3. The normalized spacial score (nSPS) is 21.4. The Hall–Kier alpha value is -4.53. The van der Waals surface area contributed by atoms with Crippen molar-refractivity contribution >= 4 is 28.9 Å². The van der Waals surface area contributed by atoms with Crippen molar-refractivity contribution in [2.45, 2.75) is 37.8 Å². The Kier molecular flexibility index (Phi) is 5.94. The Morgan fingerprint density at radius 2 is 1.97 bits per heavy atom. The topological polar surface area (TPSA) is 159 Å². The van der Waals surface area contributed by atoms with Gasteiger partial charge in [-0.1, -0.05) is 6.07 Å². The van der Waals surface area contributed by atoms with Crippen molar-refractivity contribution in [2.24, 2.45) is 17.1 Å². The van der Waals surface area contributed by atoms with Gasteiger partial charge in [0.2, 0.25) is 5.91 Å². The molecule has 0 bridgehead atoms. The van der Waals surface area contributed by atoms with E-state index < -0.39 is 30.0 Å². The molecule has 1 aliphatic heterocycles. The average molecular weight is 531 g/mol. The van der Waals surface area contributed by atoms with Crippen LogP contribution in [-0.2, 0) is 4.79 Å². The molecule has 6 rings (SSSR count). The standard InChI is InChI=1S/C27H27FN8O3/c28-8-17-11-35(26(39)27(14-29)5-6-27)13-21(17)34-23-19(24(30)37)10-32-36-12-16(7-22(23)36)15-1-4-20(31-9-15)25(38)33-18-2-3-18/h1,4,7,9-10,12,17-18,21,34H,2-3,5-6,8,11,13H2,(H2,30,37)(H,33,38)/t17-,21-/m1/s1. The van der Waals surface area contributed by atoms with E-state index >= 15 is 0 Å². The number of nitrogens with one attached hydrogen (secondary N) is 2. The van der Waals surface area contributed by atoms with Gasteiger partial charge in [-0.05, 0) is 37.8 Å². The van der Waals surface area contributed by atoms with E-state index in [-0.39, 0.29) is 36.5 Å². The first-order valence-electron chi connectivity index (χ1n) is 12.9. The van der Waals surface area contributed by atoms with Crippen LogP contribution < -0.4 is 16.4 Å². The summed E-state index contributed by atoms with van der Waals surface area (Å²) < 4.78 is 15.6. The highest BCUT2D eigenvalue weighted by Crippen LogP contribution is 2.47. The van der Waals surface area contributed by atoms with Crippen LogP contribution >= 0.6 is 0 Å². The highest BCUT2D eigenvalue weighted by molar-refractivity contribution is 6.02. The smallest absolute Gasteiger partial charge is 0.270 e. The van der Waals surface area contributed by atoms with Gasteiger partial charge >= 0.3 is 0 Å². The van der Waals surface area contributed by atoms with Crippen LogP contribution in [0.2, 0.25) is 0 Å². The van der Waals surface area contributed by atoms with Gasteiger partial charge in [0.05, 0.1) is 41.8 Å². The molecule has 11 nitrogen and oxygen atoms in total. The molecule has 0 spiro atoms. The van der Waals surface area contributed by atoms with Crippen molar-refractivity contribution in [1.82, 2.24) is 24.8 Å². The van der Waals surface area contributed by atoms with Gasteiger partial charge in [-0.15, -0.1) is 0 Å². The molecular formula is C27H27FN8O3. The Morgan fingerprint density at radius 3 is 2.59 bits per heavy atom. The lowest BCUT2D eigenvalue weighted by Crippen LogP contribution is -2.36. The minimum Gasteiger partial charge on any atom is -0.378 e. The highest BCUT2D eigenvalue weighted by Gasteiger charge is 2.54. The number of amides is 3. The van der Waals surface area contributed by atoms with E-state index in [4.69, 9.17) is 5.73 Å². The van der Waals surface area contributed by atoms with Gasteiger partial charge in [0.1, 0.15) is 11.1 Å². The molecule has 200 valence electrons. The quantitative estimate of drug-likeness (QED) is 0.401. The molecule has 2 aliphatic carbocycles. The van der Waals surface area contributed by atoms with Gasteiger partial charge in [-0.3, -0.25) is 23.8 Å². The molecule has 4 N–H and O–H groups in total. The fraction of sp³-hybridized carbons (Fsp3) is 0.407. The average Bonchev–Trinajstić information content (AvgIpc) is 3.85. The molecule has 0 unspecified atom stereocenters. The maximum absolute atomic E-state index is 14.1. The zero-order chi connectivity index (χ0) is 27.3. The Morgan fingerprint density at radius 1 is 1.18 bits per heavy atom. The van der Waals surface area contributed by atoms with E-state index in [0.29, 0.717) is 29.7 Å². The minimum atomic E-state index is -0.989. The number of nitriles is 1. The first-order chi connectivity index (χ1) is 18.8. The second kappa shape index (κ2) is 9.34. The third-order valence-corrected chi connectivity index (χ3v) is 7.77. The number of aromatic nitrogens is 3. The summed E-state index contributed by atoms with van der Waals surface area (Å²) in [7, 11) is 0. The van der Waals surface area contributed by atoms with Crippen molar-refractivity contribution in [2.75, 3.05) is 25.1 Å². The predicted molar refractivity (Wildman–Crippen MR) is 138 cm³/mol. The largest absolute Gasteiger partial charge is 0.378 e. The molecule has 1 saturated heterocycles. The molecule has 12 heteroatoms. The van der Waals surface area contributed by atoms with Crippen LogP contribution in [0, 0.1) is 22.7 Å². The molecule has 2 saturated carbocycles. The van der Waals surface area contributed by atoms with E-state index in [1.165, 1.54) is 11.1 Å². The zero-order valence-electron chi connectivity index (χ0n) is 21.1. The van der Waals surface area contributed by atoms with E-state index in [2.05, 4.69) is 26.8 Å². The summed E-state index contributed by atoms with van der Waals surface area (Å²) in [6, 6.07) is 7.09. The number of nitrogens with two attached hydrogens (primary N) is 1. The SMILES string of the molecule is N#CC1(C(=O)N2C[C@@H](CF)[C@H](Nc3c(C(N)=O)cnn4cc(-c5ccc(C(=O)NC6CC6)nc5)cc34)C2)CC1. The number of rotatable bonds is 8. The first-order valence-corrected chi connectivity index (χ1v) is 12.9. The number of halogens is 1. The molecule has 3 aliphatic rings. The Labute approximate surface area is 223 Å². The Balaban J connectivity index is 1.29. The maximum atomic E-state index is 14.1. The summed E-state index contributed by atoms with van der Waals surface area (Å²) in [6.07, 6.45) is 7.71. The molecule has 3 fully saturated rings. The number of carbonyl (C=O) groups excluding carboxylic acids is 3. The van der Waals surface area contributed by atoms with Crippen LogP contribution in [-0.4, -0.2) is 69.1 Å². The number of alkyl halides is 1. The third kappa shape index (κ3) is 4.54. The second-order valence-corrected chi connectivity index (χ2v) is 10.6. The monoisotopic (exact) mass is 530 g/mol. The van der Waals surface area contributed by atoms with Gasteiger partial charge in [0.25, 0.3) is 11.8 Å². The van der Waals surface area contributed by atoms with Crippen LogP contribution in [0.5, 0.6) is 0 Å². The van der Waals surface area contributed by atoms with Gasteiger partial charge in [-0.25, -0.2) is 4.52 Å². The van der Waals surface area contributed by atoms with Crippen LogP contribution in [0.25, 0.3) is 16.6 Å². The van der Waals surface area contributed by atoms with Gasteiger partial charge < -0.3 is 21.3 Å². The summed E-state index contributed by atoms with van der Waals surface area (Å²) in [5.74, 6) is -1.70. The summed E-state index contributed by atoms with van der Waals surface area (Å²) in [5.41, 5.74) is 7.53. The molecule has 0 radical (unpaired) electrons. The fourth-order valence-electron chi connectivity index (χ4n) is 5.08. The number of pyridine rings is 1. The predicted octanol–water partition coefficient (Wildman–Crippen LogP) is 1.90. The molecule has 3 amide bonds. The summed E-state index contributed by atoms with van der Waals surface area (Å²) in [4.78, 5) is 43.4. The van der Waals surface area contributed by atoms with Crippen molar-refractivity contribution < 1.29 is 18.8 Å². The van der Waals surface area contributed by atoms with Gasteiger partial charge in [0.15, 0.2) is 0 Å². The van der Waals surface area contributed by atoms with E-state index in [1.807, 2.05) is 0 Å². The summed E-state index contributed by atoms with van der Waals surface area (Å²) in [6.45, 7) is -0.291. The lowest BCUT2D eigenvalue weighted by Gasteiger charge is -2.21. The molecule has 3 aromatic heterocycles. The summed E-state index contributed by atoms with van der Waals surface area (Å²) >= 11 is 0. The number of likely N-dealkylation sites (tertiary alicyclic amines) is 1. The first kappa shape index (κ1) is 24.8. The lowest BCUT2D eigenvalue weighted by molar-refractivity contribution is -0.134. The Bertz CT molecular complexity index is 1520. The molecule has 3 aromatic rings. The minimum absolute atomic E-state index is 0.135.